The van der Waals surface area contributed by atoms with Crippen molar-refractivity contribution in [2.75, 3.05) is 11.9 Å². The lowest BCUT2D eigenvalue weighted by atomic mass is 10.0. The largest absolute Gasteiger partial charge is 0.430 e. The van der Waals surface area contributed by atoms with Crippen LogP contribution in [0.5, 0.6) is 0 Å². The number of alkyl halides is 3. The first kappa shape index (κ1) is 29.6. The summed E-state index contributed by atoms with van der Waals surface area (Å²) in [6.45, 7) is 2.36. The van der Waals surface area contributed by atoms with E-state index in [1.165, 1.54) is 18.3 Å². The molecule has 2 amide bonds. The summed E-state index contributed by atoms with van der Waals surface area (Å²) in [4.78, 5) is 34.2. The molecule has 1 heterocycles. The minimum absolute atomic E-state index is 0.00485. The van der Waals surface area contributed by atoms with Gasteiger partial charge in [-0.2, -0.15) is 13.2 Å². The number of nitrogens with two attached hydrogens (primary N) is 1. The molecule has 0 aliphatic heterocycles. The topological polar surface area (TPSA) is 109 Å². The van der Waals surface area contributed by atoms with Crippen LogP contribution in [-0.4, -0.2) is 35.2 Å². The zero-order valence-corrected chi connectivity index (χ0v) is 23.7. The van der Waals surface area contributed by atoms with Gasteiger partial charge < -0.3 is 16.4 Å². The molecule has 0 bridgehead atoms. The summed E-state index contributed by atoms with van der Waals surface area (Å²) in [6, 6.07) is 9.79. The van der Waals surface area contributed by atoms with Gasteiger partial charge in [0, 0.05) is 21.7 Å². The summed E-state index contributed by atoms with van der Waals surface area (Å²) < 4.78 is 40.8. The van der Waals surface area contributed by atoms with Gasteiger partial charge in [-0.05, 0) is 69.5 Å². The number of aromatic nitrogens is 1. The number of nitrogens with zero attached hydrogens (tertiary/aromatic N) is 2. The van der Waals surface area contributed by atoms with Crippen molar-refractivity contribution < 1.29 is 22.8 Å². The summed E-state index contributed by atoms with van der Waals surface area (Å²) in [5.74, 6) is -1.74. The predicted molar refractivity (Wildman–Crippen MR) is 150 cm³/mol. The van der Waals surface area contributed by atoms with Crippen molar-refractivity contribution in [2.45, 2.75) is 25.9 Å². The maximum absolute atomic E-state index is 13.3. The quantitative estimate of drug-likeness (QED) is 0.176. The highest BCUT2D eigenvalue weighted by Gasteiger charge is 2.32. The van der Waals surface area contributed by atoms with Crippen molar-refractivity contribution in [3.05, 3.63) is 73.9 Å². The van der Waals surface area contributed by atoms with Gasteiger partial charge in [-0.25, -0.2) is 9.98 Å². The SMILES string of the molecule is CCCCNC(=O)c1cc2cc(Br)ccc2c(Br)c1NC(=O)C(C=C(N)C(F)(F)F)=Nc1ncccc1Cl. The van der Waals surface area contributed by atoms with Gasteiger partial charge in [-0.3, -0.25) is 9.59 Å². The molecule has 2 aromatic carbocycles. The van der Waals surface area contributed by atoms with E-state index in [4.69, 9.17) is 17.3 Å². The highest BCUT2D eigenvalue weighted by atomic mass is 79.9. The van der Waals surface area contributed by atoms with Gasteiger partial charge in [0.1, 0.15) is 11.4 Å². The normalized spacial score (nSPS) is 12.5. The van der Waals surface area contributed by atoms with Gasteiger partial charge in [0.05, 0.1) is 16.3 Å². The van der Waals surface area contributed by atoms with E-state index in [-0.39, 0.29) is 22.1 Å². The highest BCUT2D eigenvalue weighted by molar-refractivity contribution is 9.11. The Labute approximate surface area is 238 Å². The number of benzene rings is 2. The van der Waals surface area contributed by atoms with Gasteiger partial charge in [0.25, 0.3) is 11.8 Å². The summed E-state index contributed by atoms with van der Waals surface area (Å²) in [7, 11) is 0. The number of amides is 2. The Morgan fingerprint density at radius 2 is 1.95 bits per heavy atom. The third kappa shape index (κ3) is 7.33. The van der Waals surface area contributed by atoms with Crippen LogP contribution in [-0.2, 0) is 4.79 Å². The molecule has 0 unspecified atom stereocenters. The fourth-order valence-corrected chi connectivity index (χ4v) is 4.45. The fraction of sp³-hybridized carbons (Fsp3) is 0.200. The van der Waals surface area contributed by atoms with E-state index in [9.17, 15) is 22.8 Å². The smallest absolute Gasteiger partial charge is 0.395 e. The first-order valence-electron chi connectivity index (χ1n) is 11.2. The molecule has 0 fully saturated rings. The molecular formula is C25H21Br2ClF3N5O2. The lowest BCUT2D eigenvalue weighted by Crippen LogP contribution is -2.29. The molecule has 0 saturated carbocycles. The predicted octanol–water partition coefficient (Wildman–Crippen LogP) is 7.06. The number of halogens is 6. The number of fused-ring (bicyclic) bond motifs is 1. The van der Waals surface area contributed by atoms with Crippen molar-refractivity contribution in [1.29, 1.82) is 0 Å². The van der Waals surface area contributed by atoms with E-state index in [1.54, 1.807) is 24.3 Å². The number of aliphatic imine (C=N–C) groups is 1. The van der Waals surface area contributed by atoms with Crippen LogP contribution in [0.15, 0.2) is 68.3 Å². The highest BCUT2D eigenvalue weighted by Crippen LogP contribution is 2.36. The van der Waals surface area contributed by atoms with E-state index in [1.807, 2.05) is 6.92 Å². The van der Waals surface area contributed by atoms with E-state index in [2.05, 4.69) is 52.5 Å². The number of pyridine rings is 1. The van der Waals surface area contributed by atoms with Crippen molar-refractivity contribution >= 4 is 83.3 Å². The average Bonchev–Trinajstić information content (AvgIpc) is 2.85. The van der Waals surface area contributed by atoms with Crippen LogP contribution in [0.1, 0.15) is 30.1 Å². The number of anilines is 1. The van der Waals surface area contributed by atoms with Crippen molar-refractivity contribution in [2.24, 2.45) is 10.7 Å². The molecule has 0 saturated heterocycles. The average molecular weight is 676 g/mol. The van der Waals surface area contributed by atoms with Crippen LogP contribution < -0.4 is 16.4 Å². The molecule has 0 atom stereocenters. The van der Waals surface area contributed by atoms with Crippen molar-refractivity contribution in [1.82, 2.24) is 10.3 Å². The van der Waals surface area contributed by atoms with E-state index in [0.717, 1.165) is 17.3 Å². The third-order valence-corrected chi connectivity index (χ3v) is 6.77. The zero-order chi connectivity index (χ0) is 28.0. The molecule has 3 aromatic rings. The number of unbranched alkanes of at least 4 members (excludes halogenated alkanes) is 1. The second-order valence-corrected chi connectivity index (χ2v) is 10.1. The minimum Gasteiger partial charge on any atom is -0.395 e. The molecule has 4 N–H and O–H groups in total. The Bertz CT molecular complexity index is 1440. The maximum atomic E-state index is 13.3. The Morgan fingerprint density at radius 1 is 1.21 bits per heavy atom. The Balaban J connectivity index is 2.14. The molecule has 7 nitrogen and oxygen atoms in total. The van der Waals surface area contributed by atoms with E-state index < -0.39 is 29.4 Å². The Kier molecular flexibility index (Phi) is 9.91. The molecule has 38 heavy (non-hydrogen) atoms. The molecular weight excluding hydrogens is 655 g/mol. The molecule has 1 aromatic heterocycles. The molecule has 0 aliphatic rings. The lowest BCUT2D eigenvalue weighted by Gasteiger charge is -2.16. The number of carbonyl (C=O) groups excluding carboxylic acids is 2. The maximum Gasteiger partial charge on any atom is 0.430 e. The second-order valence-electron chi connectivity index (χ2n) is 7.95. The summed E-state index contributed by atoms with van der Waals surface area (Å²) in [6.07, 6.45) is -1.64. The van der Waals surface area contributed by atoms with Gasteiger partial charge in [0.2, 0.25) is 0 Å². The van der Waals surface area contributed by atoms with Gasteiger partial charge in [0.15, 0.2) is 5.82 Å². The van der Waals surface area contributed by atoms with Crippen LogP contribution in [0.25, 0.3) is 10.8 Å². The minimum atomic E-state index is -4.92. The molecule has 0 radical (unpaired) electrons. The van der Waals surface area contributed by atoms with Crippen LogP contribution in [0.3, 0.4) is 0 Å². The number of hydrogen-bond acceptors (Lipinski definition) is 5. The molecule has 0 aliphatic carbocycles. The van der Waals surface area contributed by atoms with Gasteiger partial charge in [-0.1, -0.05) is 46.9 Å². The number of allylic oxidation sites excluding steroid dienone is 1. The van der Waals surface area contributed by atoms with Crippen LogP contribution in [0, 0.1) is 0 Å². The van der Waals surface area contributed by atoms with Crippen LogP contribution in [0.2, 0.25) is 5.02 Å². The van der Waals surface area contributed by atoms with Crippen molar-refractivity contribution in [3.8, 4) is 0 Å². The molecule has 200 valence electrons. The number of carbonyl (C=O) groups is 2. The van der Waals surface area contributed by atoms with Gasteiger partial charge in [-0.15, -0.1) is 0 Å². The Hall–Kier alpha value is -2.96. The molecule has 0 spiro atoms. The molecule has 13 heteroatoms. The number of nitrogens with one attached hydrogen (secondary N) is 2. The summed E-state index contributed by atoms with van der Waals surface area (Å²) in [5, 5.41) is 6.64. The standard InChI is InChI=1S/C25H21Br2ClF3N5O2/c1-2-3-8-34-23(37)16-11-13-10-14(26)6-7-15(13)20(27)21(16)36-24(38)18(12-19(32)25(29,30)31)35-22-17(28)5-4-9-33-22/h4-7,9-12H,2-3,8,32H2,1H3,(H,34,37)(H,36,38). The van der Waals surface area contributed by atoms with Crippen LogP contribution in [0.4, 0.5) is 24.7 Å². The fourth-order valence-electron chi connectivity index (χ4n) is 3.24. The first-order valence-corrected chi connectivity index (χ1v) is 13.1. The van der Waals surface area contributed by atoms with E-state index >= 15 is 0 Å². The first-order chi connectivity index (χ1) is 17.9. The Morgan fingerprint density at radius 3 is 2.61 bits per heavy atom. The van der Waals surface area contributed by atoms with Crippen LogP contribution >= 0.6 is 43.5 Å². The van der Waals surface area contributed by atoms with Gasteiger partial charge >= 0.3 is 6.18 Å². The number of hydrogen-bond donors (Lipinski definition) is 3. The monoisotopic (exact) mass is 673 g/mol. The summed E-state index contributed by atoms with van der Waals surface area (Å²) in [5.41, 5.74) is 3.04. The third-order valence-electron chi connectivity index (χ3n) is 5.16. The van der Waals surface area contributed by atoms with E-state index in [0.29, 0.717) is 27.9 Å². The van der Waals surface area contributed by atoms with Crippen molar-refractivity contribution in [3.63, 3.8) is 0 Å². The summed E-state index contributed by atoms with van der Waals surface area (Å²) >= 11 is 12.9. The lowest BCUT2D eigenvalue weighted by molar-refractivity contribution is -0.110. The zero-order valence-electron chi connectivity index (χ0n) is 19.8. The second kappa shape index (κ2) is 12.7. The number of rotatable bonds is 8. The molecule has 3 rings (SSSR count).